The summed E-state index contributed by atoms with van der Waals surface area (Å²) in [6.07, 6.45) is 7.10. The molecule has 1 N–H and O–H groups in total. The fourth-order valence-corrected chi connectivity index (χ4v) is 5.93. The van der Waals surface area contributed by atoms with Crippen molar-refractivity contribution in [1.82, 2.24) is 24.8 Å². The van der Waals surface area contributed by atoms with E-state index in [4.69, 9.17) is 9.72 Å². The number of carbonyl (C=O) groups excluding carboxylic acids is 1. The van der Waals surface area contributed by atoms with Crippen LogP contribution in [0.2, 0.25) is 0 Å². The molecule has 198 valence electrons. The van der Waals surface area contributed by atoms with Gasteiger partial charge in [-0.2, -0.15) is 0 Å². The molecule has 1 saturated heterocycles. The first-order chi connectivity index (χ1) is 18.6. The number of aromatic amines is 1. The van der Waals surface area contributed by atoms with Crippen molar-refractivity contribution in [3.05, 3.63) is 59.7 Å². The molecule has 4 heterocycles. The topological polar surface area (TPSA) is 77.6 Å². The summed E-state index contributed by atoms with van der Waals surface area (Å²) in [5.41, 5.74) is 3.69. The standard InChI is InChI=1S/C29H34N6O2S/c1-33-12-14-34(15-13-33)11-4-16-37-23-6-2-5-21(17-23)18-27(36)35(22-8-9-22)29-32-26(20-38-29)25-19-31-28-24(25)7-3-10-30-28/h2-3,5-7,10,17,19-20,22H,4,8-9,11-16,18H2,1H3,(H,30,31). The van der Waals surface area contributed by atoms with E-state index >= 15 is 0 Å². The third-order valence-electron chi connectivity index (χ3n) is 7.34. The fraction of sp³-hybridized carbons (Fsp3) is 0.414. The van der Waals surface area contributed by atoms with E-state index in [1.54, 1.807) is 6.20 Å². The first-order valence-corrected chi connectivity index (χ1v) is 14.3. The van der Waals surface area contributed by atoms with Crippen LogP contribution < -0.4 is 9.64 Å². The van der Waals surface area contributed by atoms with Gasteiger partial charge in [0.15, 0.2) is 5.13 Å². The van der Waals surface area contributed by atoms with Gasteiger partial charge >= 0.3 is 0 Å². The number of fused-ring (bicyclic) bond motifs is 1. The Labute approximate surface area is 227 Å². The number of rotatable bonds is 10. The lowest BCUT2D eigenvalue weighted by Gasteiger charge is -2.32. The highest BCUT2D eigenvalue weighted by Gasteiger charge is 2.35. The van der Waals surface area contributed by atoms with Crippen molar-refractivity contribution in [2.45, 2.75) is 31.7 Å². The van der Waals surface area contributed by atoms with Gasteiger partial charge in [-0.25, -0.2) is 9.97 Å². The molecular weight excluding hydrogens is 496 g/mol. The molecule has 1 saturated carbocycles. The van der Waals surface area contributed by atoms with E-state index in [0.717, 1.165) is 90.7 Å². The van der Waals surface area contributed by atoms with Gasteiger partial charge in [0.1, 0.15) is 11.4 Å². The van der Waals surface area contributed by atoms with Crippen molar-refractivity contribution >= 4 is 33.4 Å². The van der Waals surface area contributed by atoms with Crippen LogP contribution >= 0.6 is 11.3 Å². The van der Waals surface area contributed by atoms with E-state index in [9.17, 15) is 4.79 Å². The lowest BCUT2D eigenvalue weighted by molar-refractivity contribution is -0.118. The summed E-state index contributed by atoms with van der Waals surface area (Å²) in [5.74, 6) is 0.914. The second kappa shape index (κ2) is 11.2. The molecule has 0 radical (unpaired) electrons. The maximum absolute atomic E-state index is 13.5. The molecule has 6 rings (SSSR count). The molecule has 0 unspecified atom stereocenters. The van der Waals surface area contributed by atoms with Crippen molar-refractivity contribution in [2.75, 3.05) is 51.3 Å². The zero-order chi connectivity index (χ0) is 25.9. The van der Waals surface area contributed by atoms with Crippen LogP contribution in [0, 0.1) is 0 Å². The second-order valence-corrected chi connectivity index (χ2v) is 11.1. The summed E-state index contributed by atoms with van der Waals surface area (Å²) >= 11 is 1.53. The highest BCUT2D eigenvalue weighted by atomic mass is 32.1. The second-order valence-electron chi connectivity index (χ2n) is 10.3. The van der Waals surface area contributed by atoms with E-state index in [0.29, 0.717) is 13.0 Å². The number of hydrogen-bond acceptors (Lipinski definition) is 7. The molecule has 1 amide bonds. The third kappa shape index (κ3) is 5.75. The quantitative estimate of drug-likeness (QED) is 0.306. The predicted octanol–water partition coefficient (Wildman–Crippen LogP) is 4.44. The number of thiazole rings is 1. The summed E-state index contributed by atoms with van der Waals surface area (Å²) < 4.78 is 6.04. The average molecular weight is 531 g/mol. The molecule has 2 fully saturated rings. The number of ether oxygens (including phenoxy) is 1. The molecule has 1 aliphatic heterocycles. The third-order valence-corrected chi connectivity index (χ3v) is 8.18. The van der Waals surface area contributed by atoms with Crippen molar-refractivity contribution < 1.29 is 9.53 Å². The molecule has 0 spiro atoms. The Kier molecular flexibility index (Phi) is 7.40. The molecule has 0 atom stereocenters. The number of pyridine rings is 1. The largest absolute Gasteiger partial charge is 0.494 e. The Morgan fingerprint density at radius 2 is 2.05 bits per heavy atom. The van der Waals surface area contributed by atoms with Crippen molar-refractivity contribution in [2.24, 2.45) is 0 Å². The SMILES string of the molecule is CN1CCN(CCCOc2cccc(CC(=O)N(c3nc(-c4c[nH]c5ncccc45)cs3)C3CC3)c2)CC1. The minimum Gasteiger partial charge on any atom is -0.494 e. The Morgan fingerprint density at radius 1 is 1.18 bits per heavy atom. The zero-order valence-electron chi connectivity index (χ0n) is 21.8. The highest BCUT2D eigenvalue weighted by Crippen LogP contribution is 2.37. The molecule has 1 aromatic carbocycles. The number of piperazine rings is 1. The van der Waals surface area contributed by atoms with Gasteiger partial charge in [0, 0.05) is 67.5 Å². The lowest BCUT2D eigenvalue weighted by atomic mass is 10.1. The van der Waals surface area contributed by atoms with Gasteiger partial charge in [0.05, 0.1) is 18.7 Å². The molecule has 4 aromatic rings. The van der Waals surface area contributed by atoms with Crippen molar-refractivity contribution in [3.8, 4) is 17.0 Å². The number of hydrogen-bond donors (Lipinski definition) is 1. The van der Waals surface area contributed by atoms with E-state index in [-0.39, 0.29) is 11.9 Å². The molecule has 8 nitrogen and oxygen atoms in total. The molecule has 3 aromatic heterocycles. The van der Waals surface area contributed by atoms with Crippen LogP contribution in [-0.4, -0.2) is 83.1 Å². The van der Waals surface area contributed by atoms with Crippen LogP contribution in [-0.2, 0) is 11.2 Å². The van der Waals surface area contributed by atoms with Crippen LogP contribution in [0.1, 0.15) is 24.8 Å². The number of likely N-dealkylation sites (N-methyl/N-ethyl adjacent to an activating group) is 1. The summed E-state index contributed by atoms with van der Waals surface area (Å²) in [6.45, 7) is 6.28. The number of anilines is 1. The molecule has 0 bridgehead atoms. The van der Waals surface area contributed by atoms with Gasteiger partial charge in [-0.3, -0.25) is 9.69 Å². The summed E-state index contributed by atoms with van der Waals surface area (Å²) in [5, 5.41) is 3.83. The Bertz CT molecular complexity index is 1390. The van der Waals surface area contributed by atoms with Crippen LogP contribution in [0.3, 0.4) is 0 Å². The maximum Gasteiger partial charge on any atom is 0.233 e. The van der Waals surface area contributed by atoms with Crippen LogP contribution in [0.4, 0.5) is 5.13 Å². The van der Waals surface area contributed by atoms with Gasteiger partial charge in [0.25, 0.3) is 0 Å². The van der Waals surface area contributed by atoms with E-state index < -0.39 is 0 Å². The van der Waals surface area contributed by atoms with Gasteiger partial charge in [-0.05, 0) is 56.1 Å². The minimum atomic E-state index is 0.0845. The average Bonchev–Trinajstić information content (AvgIpc) is 3.47. The Hall–Kier alpha value is -3.27. The monoisotopic (exact) mass is 530 g/mol. The van der Waals surface area contributed by atoms with Crippen molar-refractivity contribution in [3.63, 3.8) is 0 Å². The number of carbonyl (C=O) groups is 1. The minimum absolute atomic E-state index is 0.0845. The Morgan fingerprint density at radius 3 is 2.89 bits per heavy atom. The smallest absolute Gasteiger partial charge is 0.233 e. The van der Waals surface area contributed by atoms with Crippen LogP contribution in [0.25, 0.3) is 22.3 Å². The predicted molar refractivity (Wildman–Crippen MR) is 152 cm³/mol. The number of nitrogens with zero attached hydrogens (tertiary/aromatic N) is 5. The van der Waals surface area contributed by atoms with Gasteiger partial charge in [-0.1, -0.05) is 12.1 Å². The normalized spacial score (nSPS) is 16.7. The lowest BCUT2D eigenvalue weighted by Crippen LogP contribution is -2.44. The molecule has 1 aliphatic carbocycles. The van der Waals surface area contributed by atoms with Crippen LogP contribution in [0.5, 0.6) is 5.75 Å². The van der Waals surface area contributed by atoms with Crippen molar-refractivity contribution in [1.29, 1.82) is 0 Å². The van der Waals surface area contributed by atoms with E-state index in [1.165, 1.54) is 11.3 Å². The number of aromatic nitrogens is 3. The maximum atomic E-state index is 13.5. The van der Waals surface area contributed by atoms with E-state index in [1.807, 2.05) is 52.9 Å². The van der Waals surface area contributed by atoms with Gasteiger partial charge < -0.3 is 19.5 Å². The summed E-state index contributed by atoms with van der Waals surface area (Å²) in [7, 11) is 2.18. The first-order valence-electron chi connectivity index (χ1n) is 13.5. The molecule has 2 aliphatic rings. The summed E-state index contributed by atoms with van der Waals surface area (Å²) in [6, 6.07) is 12.2. The number of nitrogens with one attached hydrogen (secondary N) is 1. The number of benzene rings is 1. The number of amides is 1. The first kappa shape index (κ1) is 25.0. The fourth-order valence-electron chi connectivity index (χ4n) is 5.02. The summed E-state index contributed by atoms with van der Waals surface area (Å²) in [4.78, 5) is 32.8. The molecule has 9 heteroatoms. The van der Waals surface area contributed by atoms with E-state index in [2.05, 4.69) is 26.8 Å². The van der Waals surface area contributed by atoms with Gasteiger partial charge in [0.2, 0.25) is 5.91 Å². The molecule has 38 heavy (non-hydrogen) atoms. The Balaban J connectivity index is 1.08. The highest BCUT2D eigenvalue weighted by molar-refractivity contribution is 7.14. The molecular formula is C29H34N6O2S. The number of H-pyrrole nitrogens is 1. The zero-order valence-corrected chi connectivity index (χ0v) is 22.6. The van der Waals surface area contributed by atoms with Gasteiger partial charge in [-0.15, -0.1) is 11.3 Å². The van der Waals surface area contributed by atoms with Crippen LogP contribution in [0.15, 0.2) is 54.2 Å².